The van der Waals surface area contributed by atoms with E-state index in [9.17, 15) is 4.79 Å². The van der Waals surface area contributed by atoms with Crippen LogP contribution in [-0.2, 0) is 6.54 Å². The molecule has 4 rings (SSSR count). The molecular formula is C14H14N2OS. The molecule has 1 aromatic carbocycles. The second-order valence-electron chi connectivity index (χ2n) is 5.00. The first-order valence-electron chi connectivity index (χ1n) is 6.38. The van der Waals surface area contributed by atoms with Crippen LogP contribution in [0.4, 0.5) is 0 Å². The number of hydrogen-bond donors (Lipinski definition) is 1. The summed E-state index contributed by atoms with van der Waals surface area (Å²) in [5, 5.41) is 4.28. The predicted molar refractivity (Wildman–Crippen MR) is 72.7 cm³/mol. The molecule has 3 nitrogen and oxygen atoms in total. The Morgan fingerprint density at radius 2 is 2.22 bits per heavy atom. The molecule has 0 spiro atoms. The van der Waals surface area contributed by atoms with Gasteiger partial charge in [-0.25, -0.2) is 0 Å². The minimum absolute atomic E-state index is 0.108. The van der Waals surface area contributed by atoms with Gasteiger partial charge in [-0.15, -0.1) is 11.3 Å². The normalized spacial score (nSPS) is 23.6. The maximum atomic E-state index is 12.4. The average molecular weight is 258 g/mol. The van der Waals surface area contributed by atoms with E-state index in [1.165, 1.54) is 16.0 Å². The minimum Gasteiger partial charge on any atom is -0.336 e. The first-order chi connectivity index (χ1) is 8.83. The van der Waals surface area contributed by atoms with Gasteiger partial charge in [0.05, 0.1) is 11.7 Å². The van der Waals surface area contributed by atoms with E-state index in [1.54, 1.807) is 11.3 Å². The second kappa shape index (κ2) is 3.80. The summed E-state index contributed by atoms with van der Waals surface area (Å²) in [5.74, 6) is 0.108. The third-order valence-corrected chi connectivity index (χ3v) is 5.06. The van der Waals surface area contributed by atoms with E-state index in [4.69, 9.17) is 0 Å². The summed E-state index contributed by atoms with van der Waals surface area (Å²) in [7, 11) is 0. The van der Waals surface area contributed by atoms with Gasteiger partial charge in [-0.2, -0.15) is 0 Å². The summed E-state index contributed by atoms with van der Waals surface area (Å²) in [6.07, 6.45) is 2.51. The van der Waals surface area contributed by atoms with Gasteiger partial charge in [-0.3, -0.25) is 9.69 Å². The van der Waals surface area contributed by atoms with Crippen molar-refractivity contribution in [3.63, 3.8) is 0 Å². The van der Waals surface area contributed by atoms with Crippen LogP contribution in [0, 0.1) is 0 Å². The van der Waals surface area contributed by atoms with E-state index in [0.29, 0.717) is 0 Å². The Bertz CT molecular complexity index is 634. The smallest absolute Gasteiger partial charge is 0.254 e. The molecule has 0 aliphatic carbocycles. The molecule has 1 atom stereocenters. The highest BCUT2D eigenvalue weighted by Gasteiger charge is 2.32. The predicted octanol–water partition coefficient (Wildman–Crippen LogP) is 2.57. The van der Waals surface area contributed by atoms with Gasteiger partial charge in [0.2, 0.25) is 0 Å². The number of thiophene rings is 1. The number of hydrogen-bond acceptors (Lipinski definition) is 3. The first-order valence-corrected chi connectivity index (χ1v) is 7.20. The summed E-state index contributed by atoms with van der Waals surface area (Å²) >= 11 is 1.76. The third-order valence-electron chi connectivity index (χ3n) is 3.90. The van der Waals surface area contributed by atoms with Crippen molar-refractivity contribution < 1.29 is 4.79 Å². The number of fused-ring (bicyclic) bond motifs is 4. The van der Waals surface area contributed by atoms with Crippen LogP contribution in [0.25, 0.3) is 10.1 Å². The Kier molecular flexibility index (Phi) is 2.22. The zero-order valence-electron chi connectivity index (χ0n) is 9.98. The number of benzene rings is 1. The van der Waals surface area contributed by atoms with Crippen LogP contribution in [-0.4, -0.2) is 23.5 Å². The van der Waals surface area contributed by atoms with E-state index in [-0.39, 0.29) is 12.1 Å². The third kappa shape index (κ3) is 1.42. The van der Waals surface area contributed by atoms with E-state index in [0.717, 1.165) is 30.5 Å². The fourth-order valence-corrected chi connectivity index (χ4v) is 4.27. The fraction of sp³-hybridized carbons (Fsp3) is 0.357. The van der Waals surface area contributed by atoms with Crippen molar-refractivity contribution >= 4 is 27.3 Å². The van der Waals surface area contributed by atoms with Crippen LogP contribution in [0.15, 0.2) is 24.3 Å². The molecule has 92 valence electrons. The molecule has 0 saturated carbocycles. The molecule has 18 heavy (non-hydrogen) atoms. The number of nitrogens with zero attached hydrogens (tertiary/aromatic N) is 1. The maximum absolute atomic E-state index is 12.4. The van der Waals surface area contributed by atoms with Gasteiger partial charge in [0.25, 0.3) is 5.91 Å². The number of carbonyl (C=O) groups is 1. The molecule has 1 N–H and O–H groups in total. The average Bonchev–Trinajstić information content (AvgIpc) is 2.91. The molecule has 2 aliphatic rings. The summed E-state index contributed by atoms with van der Waals surface area (Å²) in [6.45, 7) is 2.01. The lowest BCUT2D eigenvalue weighted by molar-refractivity contribution is 0.0903. The van der Waals surface area contributed by atoms with Gasteiger partial charge < -0.3 is 5.32 Å². The highest BCUT2D eigenvalue weighted by molar-refractivity contribution is 7.19. The molecule has 1 saturated heterocycles. The van der Waals surface area contributed by atoms with Crippen molar-refractivity contribution in [1.82, 2.24) is 10.2 Å². The Morgan fingerprint density at radius 3 is 3.17 bits per heavy atom. The monoisotopic (exact) mass is 258 g/mol. The lowest BCUT2D eigenvalue weighted by Crippen LogP contribution is -2.41. The van der Waals surface area contributed by atoms with Crippen molar-refractivity contribution in [3.05, 3.63) is 34.7 Å². The minimum atomic E-state index is 0.108. The van der Waals surface area contributed by atoms with Crippen LogP contribution in [0.5, 0.6) is 0 Å². The lowest BCUT2D eigenvalue weighted by atomic mass is 10.1. The summed E-state index contributed by atoms with van der Waals surface area (Å²) in [4.78, 5) is 16.0. The number of nitrogens with one attached hydrogen (secondary N) is 1. The quantitative estimate of drug-likeness (QED) is 0.787. The number of amides is 1. The van der Waals surface area contributed by atoms with Gasteiger partial charge in [-0.1, -0.05) is 18.2 Å². The maximum Gasteiger partial charge on any atom is 0.254 e. The molecule has 1 unspecified atom stereocenters. The molecule has 3 heterocycles. The highest BCUT2D eigenvalue weighted by atomic mass is 32.1. The van der Waals surface area contributed by atoms with Gasteiger partial charge in [0.1, 0.15) is 0 Å². The van der Waals surface area contributed by atoms with Crippen molar-refractivity contribution in [2.24, 2.45) is 0 Å². The largest absolute Gasteiger partial charge is 0.336 e. The highest BCUT2D eigenvalue weighted by Crippen LogP contribution is 2.35. The zero-order valence-corrected chi connectivity index (χ0v) is 10.8. The first kappa shape index (κ1) is 10.5. The molecule has 1 amide bonds. The van der Waals surface area contributed by atoms with Crippen LogP contribution in [0.3, 0.4) is 0 Å². The number of carbonyl (C=O) groups excluding carboxylic acids is 1. The molecule has 2 aromatic rings. The summed E-state index contributed by atoms with van der Waals surface area (Å²) < 4.78 is 1.22. The van der Waals surface area contributed by atoms with Crippen LogP contribution < -0.4 is 5.32 Å². The molecule has 1 fully saturated rings. The Morgan fingerprint density at radius 1 is 1.33 bits per heavy atom. The Balaban J connectivity index is 1.91. The second-order valence-corrected chi connectivity index (χ2v) is 6.14. The molecule has 4 heteroatoms. The molecule has 1 aromatic heterocycles. The van der Waals surface area contributed by atoms with Gasteiger partial charge in [-0.05, 0) is 18.9 Å². The van der Waals surface area contributed by atoms with E-state index < -0.39 is 0 Å². The van der Waals surface area contributed by atoms with Gasteiger partial charge in [0.15, 0.2) is 0 Å². The molecular weight excluding hydrogens is 244 g/mol. The summed E-state index contributed by atoms with van der Waals surface area (Å²) in [5.41, 5.74) is 0.907. The standard InChI is InChI=1S/C14H14N2OS/c17-14-13-9-4-1-2-5-10(9)18-11(13)8-16-7-3-6-12(16)15-14/h1-2,4-5,12H,3,6-8H2,(H,15,17). The van der Waals surface area contributed by atoms with Crippen molar-refractivity contribution in [2.45, 2.75) is 25.6 Å². The fourth-order valence-electron chi connectivity index (χ4n) is 3.04. The summed E-state index contributed by atoms with van der Waals surface area (Å²) in [6, 6.07) is 8.20. The number of rotatable bonds is 0. The zero-order chi connectivity index (χ0) is 12.1. The van der Waals surface area contributed by atoms with E-state index >= 15 is 0 Å². The molecule has 0 radical (unpaired) electrons. The van der Waals surface area contributed by atoms with Crippen LogP contribution in [0.1, 0.15) is 28.1 Å². The van der Waals surface area contributed by atoms with Crippen LogP contribution in [0.2, 0.25) is 0 Å². The Labute approximate surface area is 109 Å². The molecule has 2 aliphatic heterocycles. The van der Waals surface area contributed by atoms with E-state index in [1.807, 2.05) is 12.1 Å². The van der Waals surface area contributed by atoms with Crippen molar-refractivity contribution in [3.8, 4) is 0 Å². The van der Waals surface area contributed by atoms with Gasteiger partial charge in [0, 0.05) is 28.1 Å². The SMILES string of the molecule is O=C1NC2CCCN2Cc2sc3ccccc3c21. The van der Waals surface area contributed by atoms with Gasteiger partial charge >= 0.3 is 0 Å². The van der Waals surface area contributed by atoms with E-state index in [2.05, 4.69) is 22.3 Å². The van der Waals surface area contributed by atoms with Crippen molar-refractivity contribution in [2.75, 3.05) is 6.54 Å². The molecule has 0 bridgehead atoms. The lowest BCUT2D eigenvalue weighted by Gasteiger charge is -2.21. The topological polar surface area (TPSA) is 32.3 Å². The van der Waals surface area contributed by atoms with Crippen molar-refractivity contribution in [1.29, 1.82) is 0 Å². The Hall–Kier alpha value is -1.39. The van der Waals surface area contributed by atoms with Crippen LogP contribution >= 0.6 is 11.3 Å².